The summed E-state index contributed by atoms with van der Waals surface area (Å²) < 4.78 is 0. The van der Waals surface area contributed by atoms with Crippen LogP contribution in [-0.4, -0.2) is 5.78 Å². The number of hydrogen-bond donors (Lipinski definition) is 0. The van der Waals surface area contributed by atoms with E-state index in [-0.39, 0.29) is 5.78 Å². The molecule has 1 heteroatoms. The molecule has 1 atom stereocenters. The van der Waals surface area contributed by atoms with E-state index in [9.17, 15) is 4.79 Å². The molecule has 0 radical (unpaired) electrons. The Labute approximate surface area is 74.2 Å². The molecule has 0 aliphatic heterocycles. The van der Waals surface area contributed by atoms with Crippen LogP contribution in [0.4, 0.5) is 0 Å². The molecule has 66 valence electrons. The molecular weight excluding hydrogens is 148 g/mol. The molecule has 0 amide bonds. The molecule has 0 N–H and O–H groups in total. The Hall–Kier alpha value is -0.850. The van der Waals surface area contributed by atoms with Crippen molar-refractivity contribution in [2.45, 2.75) is 32.6 Å². The maximum absolute atomic E-state index is 11.2. The highest BCUT2D eigenvalue weighted by molar-refractivity contribution is 5.89. The van der Waals surface area contributed by atoms with Gasteiger partial charge in [0, 0.05) is 6.42 Å². The summed E-state index contributed by atoms with van der Waals surface area (Å²) >= 11 is 0. The van der Waals surface area contributed by atoms with E-state index in [1.54, 1.807) is 6.08 Å². The summed E-state index contributed by atoms with van der Waals surface area (Å²) in [7, 11) is 0. The van der Waals surface area contributed by atoms with Crippen LogP contribution in [0.25, 0.3) is 0 Å². The van der Waals surface area contributed by atoms with Gasteiger partial charge < -0.3 is 0 Å². The highest BCUT2D eigenvalue weighted by Gasteiger charge is 2.12. The van der Waals surface area contributed by atoms with Gasteiger partial charge in [0.05, 0.1) is 0 Å². The molecule has 0 aromatic heterocycles. The number of carbonyl (C=O) groups is 1. The van der Waals surface area contributed by atoms with Crippen molar-refractivity contribution in [3.8, 4) is 0 Å². The zero-order chi connectivity index (χ0) is 8.81. The summed E-state index contributed by atoms with van der Waals surface area (Å²) in [5.74, 6) is 0.872. The summed E-state index contributed by atoms with van der Waals surface area (Å²) in [6.07, 6.45) is 12.0. The molecule has 0 heterocycles. The van der Waals surface area contributed by atoms with Gasteiger partial charge in [-0.1, -0.05) is 18.2 Å². The van der Waals surface area contributed by atoms with Crippen molar-refractivity contribution in [1.29, 1.82) is 0 Å². The molecule has 1 aliphatic carbocycles. The molecule has 1 nitrogen and oxygen atoms in total. The van der Waals surface area contributed by atoms with Gasteiger partial charge in [0.2, 0.25) is 0 Å². The van der Waals surface area contributed by atoms with Gasteiger partial charge in [0.1, 0.15) is 0 Å². The molecule has 0 bridgehead atoms. The molecular formula is C11H16O. The van der Waals surface area contributed by atoms with E-state index in [0.717, 1.165) is 19.3 Å². The predicted molar refractivity (Wildman–Crippen MR) is 50.9 cm³/mol. The number of hydrogen-bond acceptors (Lipinski definition) is 1. The maximum Gasteiger partial charge on any atom is 0.155 e. The summed E-state index contributed by atoms with van der Waals surface area (Å²) in [6, 6.07) is 0. The van der Waals surface area contributed by atoms with Crippen molar-refractivity contribution in [1.82, 2.24) is 0 Å². The number of ketones is 1. The first kappa shape index (κ1) is 9.24. The van der Waals surface area contributed by atoms with Gasteiger partial charge in [-0.05, 0) is 38.2 Å². The zero-order valence-electron chi connectivity index (χ0n) is 7.62. The van der Waals surface area contributed by atoms with Crippen LogP contribution in [0.2, 0.25) is 0 Å². The Morgan fingerprint density at radius 2 is 2.42 bits per heavy atom. The van der Waals surface area contributed by atoms with Crippen molar-refractivity contribution >= 4 is 5.78 Å². The fourth-order valence-electron chi connectivity index (χ4n) is 1.58. The molecule has 1 aliphatic rings. The first-order valence-electron chi connectivity index (χ1n) is 4.63. The molecule has 0 saturated carbocycles. The van der Waals surface area contributed by atoms with Crippen molar-refractivity contribution in [3.05, 3.63) is 24.3 Å². The Morgan fingerprint density at radius 1 is 1.58 bits per heavy atom. The van der Waals surface area contributed by atoms with Gasteiger partial charge in [-0.3, -0.25) is 4.79 Å². The van der Waals surface area contributed by atoms with E-state index in [2.05, 4.69) is 12.2 Å². The number of rotatable bonds is 3. The van der Waals surface area contributed by atoms with Gasteiger partial charge in [0.15, 0.2) is 5.78 Å². The van der Waals surface area contributed by atoms with Gasteiger partial charge in [-0.25, -0.2) is 0 Å². The largest absolute Gasteiger partial charge is 0.295 e. The lowest BCUT2D eigenvalue weighted by Crippen LogP contribution is -2.07. The van der Waals surface area contributed by atoms with Crippen molar-refractivity contribution in [3.63, 3.8) is 0 Å². The molecule has 0 aromatic carbocycles. The van der Waals surface area contributed by atoms with Crippen LogP contribution in [0.15, 0.2) is 24.3 Å². The van der Waals surface area contributed by atoms with E-state index in [0.29, 0.717) is 5.92 Å². The standard InChI is InChI=1S/C11H16O/c1-2-6-11(12)9-10-7-4-3-5-8-10/h2-4,6,10H,5,7-9H2,1H3/b6-2+. The number of carbonyl (C=O) groups excluding carboxylic acids is 1. The highest BCUT2D eigenvalue weighted by atomic mass is 16.1. The Bertz CT molecular complexity index is 201. The van der Waals surface area contributed by atoms with Crippen LogP contribution in [0.5, 0.6) is 0 Å². The first-order valence-corrected chi connectivity index (χ1v) is 4.63. The Morgan fingerprint density at radius 3 is 3.00 bits per heavy atom. The van der Waals surface area contributed by atoms with E-state index >= 15 is 0 Å². The van der Waals surface area contributed by atoms with Crippen LogP contribution >= 0.6 is 0 Å². The first-order chi connectivity index (χ1) is 5.83. The highest BCUT2D eigenvalue weighted by Crippen LogP contribution is 2.21. The van der Waals surface area contributed by atoms with Crippen LogP contribution in [0.3, 0.4) is 0 Å². The average Bonchev–Trinajstić information content (AvgIpc) is 2.06. The Kier molecular flexibility index (Phi) is 3.78. The number of allylic oxidation sites excluding steroid dienone is 4. The van der Waals surface area contributed by atoms with Gasteiger partial charge in [-0.2, -0.15) is 0 Å². The molecule has 0 spiro atoms. The summed E-state index contributed by atoms with van der Waals surface area (Å²) in [5.41, 5.74) is 0. The summed E-state index contributed by atoms with van der Waals surface area (Å²) in [5, 5.41) is 0. The van der Waals surface area contributed by atoms with Gasteiger partial charge >= 0.3 is 0 Å². The topological polar surface area (TPSA) is 17.1 Å². The molecule has 0 fully saturated rings. The SMILES string of the molecule is C/C=C/C(=O)CC1CC=CCC1. The molecule has 1 unspecified atom stereocenters. The molecule has 1 rings (SSSR count). The van der Waals surface area contributed by atoms with Crippen molar-refractivity contribution in [2.75, 3.05) is 0 Å². The zero-order valence-corrected chi connectivity index (χ0v) is 7.62. The summed E-state index contributed by atoms with van der Waals surface area (Å²) in [6.45, 7) is 1.89. The average molecular weight is 164 g/mol. The lowest BCUT2D eigenvalue weighted by Gasteiger charge is -2.15. The predicted octanol–water partition coefficient (Wildman–Crippen LogP) is 2.88. The van der Waals surface area contributed by atoms with Gasteiger partial charge in [0.25, 0.3) is 0 Å². The third-order valence-corrected chi connectivity index (χ3v) is 2.22. The van der Waals surface area contributed by atoms with Crippen LogP contribution in [-0.2, 0) is 4.79 Å². The van der Waals surface area contributed by atoms with Crippen LogP contribution < -0.4 is 0 Å². The van der Waals surface area contributed by atoms with Crippen molar-refractivity contribution < 1.29 is 4.79 Å². The fraction of sp³-hybridized carbons (Fsp3) is 0.545. The van der Waals surface area contributed by atoms with Crippen molar-refractivity contribution in [2.24, 2.45) is 5.92 Å². The van der Waals surface area contributed by atoms with Gasteiger partial charge in [-0.15, -0.1) is 0 Å². The lowest BCUT2D eigenvalue weighted by atomic mass is 9.90. The third-order valence-electron chi connectivity index (χ3n) is 2.22. The van der Waals surface area contributed by atoms with E-state index < -0.39 is 0 Å². The van der Waals surface area contributed by atoms with E-state index in [4.69, 9.17) is 0 Å². The minimum Gasteiger partial charge on any atom is -0.295 e. The second-order valence-electron chi connectivity index (χ2n) is 3.32. The monoisotopic (exact) mass is 164 g/mol. The fourth-order valence-corrected chi connectivity index (χ4v) is 1.58. The normalized spacial score (nSPS) is 23.2. The smallest absolute Gasteiger partial charge is 0.155 e. The molecule has 0 saturated heterocycles. The minimum absolute atomic E-state index is 0.276. The summed E-state index contributed by atoms with van der Waals surface area (Å²) in [4.78, 5) is 11.2. The lowest BCUT2D eigenvalue weighted by molar-refractivity contribution is -0.115. The Balaban J connectivity index is 2.30. The van der Waals surface area contributed by atoms with Crippen LogP contribution in [0, 0.1) is 5.92 Å². The second-order valence-corrected chi connectivity index (χ2v) is 3.32. The van der Waals surface area contributed by atoms with Crippen LogP contribution in [0.1, 0.15) is 32.6 Å². The third kappa shape index (κ3) is 3.04. The van der Waals surface area contributed by atoms with E-state index in [1.165, 1.54) is 6.42 Å². The van der Waals surface area contributed by atoms with E-state index in [1.807, 2.05) is 13.0 Å². The second kappa shape index (κ2) is 4.91. The minimum atomic E-state index is 0.276. The molecule has 0 aromatic rings. The maximum atomic E-state index is 11.2. The quantitative estimate of drug-likeness (QED) is 0.463. The molecule has 12 heavy (non-hydrogen) atoms.